The fraction of sp³-hybridized carbons (Fsp3) is 0.926. The maximum atomic E-state index is 13.7. The third-order valence-electron chi connectivity index (χ3n) is 6.26. The van der Waals surface area contributed by atoms with Gasteiger partial charge in [-0.3, -0.25) is 9.59 Å². The SMILES string of the molecule is CCCCOCC(=O)[C@@H](OCCCC)[C@H](OCCCC)[C@@H](OCCCC)C(=O)N1CCN(C)CC1. The van der Waals surface area contributed by atoms with E-state index in [1.54, 1.807) is 0 Å². The summed E-state index contributed by atoms with van der Waals surface area (Å²) in [6.07, 6.45) is 4.68. The smallest absolute Gasteiger partial charge is 0.254 e. The molecule has 8 nitrogen and oxygen atoms in total. The summed E-state index contributed by atoms with van der Waals surface area (Å²) < 4.78 is 24.2. The molecule has 1 amide bonds. The first kappa shape index (κ1) is 32.0. The first-order valence-electron chi connectivity index (χ1n) is 13.9. The molecule has 1 aliphatic heterocycles. The highest BCUT2D eigenvalue weighted by Crippen LogP contribution is 2.19. The van der Waals surface area contributed by atoms with Gasteiger partial charge in [0.15, 0.2) is 11.9 Å². The lowest BCUT2D eigenvalue weighted by atomic mass is 10.0. The number of unbranched alkanes of at least 4 members (excludes halogenated alkanes) is 4. The van der Waals surface area contributed by atoms with Crippen molar-refractivity contribution in [3.8, 4) is 0 Å². The molecule has 0 radical (unpaired) electrons. The Balaban J connectivity index is 3.16. The molecule has 206 valence electrons. The molecule has 35 heavy (non-hydrogen) atoms. The molecule has 0 unspecified atom stereocenters. The molecule has 0 saturated carbocycles. The Morgan fingerprint density at radius 3 is 1.71 bits per heavy atom. The van der Waals surface area contributed by atoms with E-state index in [-0.39, 0.29) is 18.3 Å². The molecule has 1 heterocycles. The Hall–Kier alpha value is -1.06. The topological polar surface area (TPSA) is 77.5 Å². The number of likely N-dealkylation sites (N-methyl/N-ethyl adjacent to an activating group) is 1. The number of carbonyl (C=O) groups excluding carboxylic acids is 2. The lowest BCUT2D eigenvalue weighted by molar-refractivity contribution is -0.177. The number of hydrogen-bond acceptors (Lipinski definition) is 7. The molecule has 1 aliphatic rings. The summed E-state index contributed by atoms with van der Waals surface area (Å²) in [6.45, 7) is 13.0. The minimum atomic E-state index is -0.900. The molecule has 0 bridgehead atoms. The zero-order valence-electron chi connectivity index (χ0n) is 23.1. The average Bonchev–Trinajstić information content (AvgIpc) is 2.86. The van der Waals surface area contributed by atoms with Gasteiger partial charge < -0.3 is 28.7 Å². The number of ketones is 1. The van der Waals surface area contributed by atoms with Crippen LogP contribution in [0.3, 0.4) is 0 Å². The highest BCUT2D eigenvalue weighted by Gasteiger charge is 2.42. The Kier molecular flexibility index (Phi) is 18.3. The lowest BCUT2D eigenvalue weighted by Crippen LogP contribution is -2.57. The van der Waals surface area contributed by atoms with Crippen LogP contribution < -0.4 is 0 Å². The van der Waals surface area contributed by atoms with Gasteiger partial charge in [-0.1, -0.05) is 53.4 Å². The van der Waals surface area contributed by atoms with Crippen LogP contribution >= 0.6 is 0 Å². The monoisotopic (exact) mass is 500 g/mol. The van der Waals surface area contributed by atoms with Crippen LogP contribution in [-0.4, -0.2) is 106 Å². The van der Waals surface area contributed by atoms with Gasteiger partial charge in [0, 0.05) is 52.6 Å². The fourth-order valence-electron chi connectivity index (χ4n) is 3.79. The largest absolute Gasteiger partial charge is 0.374 e. The minimum absolute atomic E-state index is 0.0468. The summed E-state index contributed by atoms with van der Waals surface area (Å²) in [5.74, 6) is -0.298. The highest BCUT2D eigenvalue weighted by molar-refractivity contribution is 5.88. The van der Waals surface area contributed by atoms with Gasteiger partial charge in [0.25, 0.3) is 5.91 Å². The van der Waals surface area contributed by atoms with Gasteiger partial charge in [-0.05, 0) is 32.7 Å². The van der Waals surface area contributed by atoms with Crippen molar-refractivity contribution in [3.05, 3.63) is 0 Å². The normalized spacial score (nSPS) is 17.3. The highest BCUT2D eigenvalue weighted by atomic mass is 16.6. The van der Waals surface area contributed by atoms with Gasteiger partial charge in [0.05, 0.1) is 0 Å². The number of rotatable bonds is 21. The van der Waals surface area contributed by atoms with Crippen molar-refractivity contribution < 1.29 is 28.5 Å². The van der Waals surface area contributed by atoms with E-state index in [0.29, 0.717) is 39.5 Å². The summed E-state index contributed by atoms with van der Waals surface area (Å²) >= 11 is 0. The Morgan fingerprint density at radius 2 is 1.17 bits per heavy atom. The maximum absolute atomic E-state index is 13.7. The van der Waals surface area contributed by atoms with Gasteiger partial charge in [-0.15, -0.1) is 0 Å². The van der Waals surface area contributed by atoms with Gasteiger partial charge in [0.1, 0.15) is 18.8 Å². The molecule has 0 aromatic heterocycles. The van der Waals surface area contributed by atoms with E-state index in [9.17, 15) is 9.59 Å². The van der Waals surface area contributed by atoms with Crippen molar-refractivity contribution in [1.82, 2.24) is 9.80 Å². The first-order chi connectivity index (χ1) is 17.0. The van der Waals surface area contributed by atoms with Crippen LogP contribution in [0.15, 0.2) is 0 Å². The van der Waals surface area contributed by atoms with Crippen molar-refractivity contribution in [2.75, 3.05) is 66.3 Å². The standard InChI is InChI=1S/C27H52N2O6/c1-6-10-18-32-22-23(30)24(33-19-11-7-2)25(34-20-12-8-3)26(35-21-13-9-4)27(31)29-16-14-28(5)15-17-29/h24-26H,6-22H2,1-5H3/t24-,25+,26-/m1/s1. The molecule has 0 spiro atoms. The predicted octanol–water partition coefficient (Wildman–Crippen LogP) is 3.70. The number of ether oxygens (including phenoxy) is 4. The number of piperazine rings is 1. The van der Waals surface area contributed by atoms with Crippen molar-refractivity contribution >= 4 is 11.7 Å². The van der Waals surface area contributed by atoms with Crippen molar-refractivity contribution in [2.24, 2.45) is 0 Å². The van der Waals surface area contributed by atoms with Crippen LogP contribution in [0.5, 0.6) is 0 Å². The van der Waals surface area contributed by atoms with Gasteiger partial charge in [-0.25, -0.2) is 0 Å². The number of hydrogen-bond donors (Lipinski definition) is 0. The van der Waals surface area contributed by atoms with Crippen LogP contribution in [0.25, 0.3) is 0 Å². The summed E-state index contributed by atoms with van der Waals surface area (Å²) in [4.78, 5) is 31.1. The first-order valence-corrected chi connectivity index (χ1v) is 13.9. The second-order valence-corrected chi connectivity index (χ2v) is 9.48. The lowest BCUT2D eigenvalue weighted by Gasteiger charge is -2.38. The molecular formula is C27H52N2O6. The van der Waals surface area contributed by atoms with E-state index in [0.717, 1.165) is 64.5 Å². The molecule has 1 saturated heterocycles. The molecule has 3 atom stereocenters. The molecule has 0 aromatic rings. The van der Waals surface area contributed by atoms with E-state index < -0.39 is 18.3 Å². The second-order valence-electron chi connectivity index (χ2n) is 9.48. The van der Waals surface area contributed by atoms with E-state index in [4.69, 9.17) is 18.9 Å². The third-order valence-corrected chi connectivity index (χ3v) is 6.26. The number of nitrogens with zero attached hydrogens (tertiary/aromatic N) is 2. The zero-order chi connectivity index (χ0) is 25.9. The van der Waals surface area contributed by atoms with Crippen molar-refractivity contribution in [1.29, 1.82) is 0 Å². The molecule has 0 aliphatic carbocycles. The van der Waals surface area contributed by atoms with Crippen molar-refractivity contribution in [2.45, 2.75) is 97.4 Å². The van der Waals surface area contributed by atoms with Crippen LogP contribution in [0.1, 0.15) is 79.1 Å². The molecule has 0 aromatic carbocycles. The quantitative estimate of drug-likeness (QED) is 0.222. The fourth-order valence-corrected chi connectivity index (χ4v) is 3.79. The minimum Gasteiger partial charge on any atom is -0.374 e. The Morgan fingerprint density at radius 1 is 0.686 bits per heavy atom. The van der Waals surface area contributed by atoms with E-state index in [1.165, 1.54) is 0 Å². The third kappa shape index (κ3) is 12.6. The van der Waals surface area contributed by atoms with Gasteiger partial charge >= 0.3 is 0 Å². The summed E-state index contributed by atoms with van der Waals surface area (Å²) in [5, 5.41) is 0. The molecule has 0 N–H and O–H groups in total. The van der Waals surface area contributed by atoms with Crippen molar-refractivity contribution in [3.63, 3.8) is 0 Å². The summed E-state index contributed by atoms with van der Waals surface area (Å²) in [7, 11) is 2.06. The van der Waals surface area contributed by atoms with Crippen LogP contribution in [0.2, 0.25) is 0 Å². The van der Waals surface area contributed by atoms with E-state index >= 15 is 0 Å². The number of Topliss-reactive ketones (excluding diaryl/α,β-unsaturated/α-hetero) is 1. The van der Waals surface area contributed by atoms with Crippen LogP contribution in [0, 0.1) is 0 Å². The Bertz CT molecular complexity index is 554. The van der Waals surface area contributed by atoms with Crippen LogP contribution in [-0.2, 0) is 28.5 Å². The summed E-state index contributed by atoms with van der Waals surface area (Å²) in [6, 6.07) is 0. The van der Waals surface area contributed by atoms with Gasteiger partial charge in [0.2, 0.25) is 0 Å². The van der Waals surface area contributed by atoms with Gasteiger partial charge in [-0.2, -0.15) is 0 Å². The number of amides is 1. The maximum Gasteiger partial charge on any atom is 0.254 e. The van der Waals surface area contributed by atoms with E-state index in [2.05, 4.69) is 39.6 Å². The molecule has 8 heteroatoms. The molecule has 1 fully saturated rings. The number of carbonyl (C=O) groups is 2. The Labute approximate surface area is 214 Å². The van der Waals surface area contributed by atoms with E-state index in [1.807, 2.05) is 4.90 Å². The van der Waals surface area contributed by atoms with Crippen LogP contribution in [0.4, 0.5) is 0 Å². The predicted molar refractivity (Wildman–Crippen MR) is 139 cm³/mol. The zero-order valence-corrected chi connectivity index (χ0v) is 23.1. The summed E-state index contributed by atoms with van der Waals surface area (Å²) in [5.41, 5.74) is 0. The average molecular weight is 501 g/mol. The second kappa shape index (κ2) is 20.0. The molecular weight excluding hydrogens is 448 g/mol. The molecule has 1 rings (SSSR count).